The lowest BCUT2D eigenvalue weighted by atomic mass is 10.2. The van der Waals surface area contributed by atoms with Gasteiger partial charge in [0.1, 0.15) is 5.82 Å². The Kier molecular flexibility index (Phi) is 3.59. The number of rotatable bonds is 3. The zero-order valence-electron chi connectivity index (χ0n) is 9.86. The number of nitrogen functional groups attached to an aromatic ring is 1. The minimum absolute atomic E-state index is 0.546. The Morgan fingerprint density at radius 3 is 3.00 bits per heavy atom. The number of hydrogen-bond acceptors (Lipinski definition) is 4. The second-order valence-corrected chi connectivity index (χ2v) is 5.46. The molecule has 0 bridgehead atoms. The van der Waals surface area contributed by atoms with E-state index >= 15 is 0 Å². The van der Waals surface area contributed by atoms with Gasteiger partial charge in [0, 0.05) is 29.2 Å². The molecule has 16 heavy (non-hydrogen) atoms. The zero-order chi connectivity index (χ0) is 11.5. The number of hydrogen-bond donors (Lipinski definition) is 2. The number of nitrogens with zero attached hydrogens (tertiary/aromatic N) is 1. The molecule has 1 aliphatic carbocycles. The Balaban J connectivity index is 2.05. The van der Waals surface area contributed by atoms with E-state index in [0.29, 0.717) is 11.3 Å². The molecule has 4 heteroatoms. The highest BCUT2D eigenvalue weighted by Gasteiger charge is 2.26. The van der Waals surface area contributed by atoms with E-state index in [0.717, 1.165) is 17.1 Å². The van der Waals surface area contributed by atoms with Crippen LogP contribution in [0.15, 0.2) is 12.3 Å². The van der Waals surface area contributed by atoms with Crippen molar-refractivity contribution >= 4 is 23.3 Å². The predicted molar refractivity (Wildman–Crippen MR) is 72.0 cm³/mol. The van der Waals surface area contributed by atoms with Gasteiger partial charge in [0.05, 0.1) is 0 Å². The van der Waals surface area contributed by atoms with Crippen molar-refractivity contribution in [2.75, 3.05) is 17.3 Å². The first kappa shape index (κ1) is 11.6. The normalized spacial score (nSPS) is 24.6. The maximum Gasteiger partial charge on any atom is 0.128 e. The van der Waals surface area contributed by atoms with Gasteiger partial charge < -0.3 is 11.1 Å². The van der Waals surface area contributed by atoms with E-state index in [4.69, 9.17) is 5.73 Å². The van der Waals surface area contributed by atoms with E-state index in [-0.39, 0.29) is 0 Å². The first-order valence-corrected chi connectivity index (χ1v) is 7.01. The number of nitrogens with two attached hydrogens (primary N) is 1. The van der Waals surface area contributed by atoms with Crippen molar-refractivity contribution in [1.82, 2.24) is 4.98 Å². The lowest BCUT2D eigenvalue weighted by Gasteiger charge is -2.20. The topological polar surface area (TPSA) is 50.9 Å². The molecule has 1 aliphatic rings. The van der Waals surface area contributed by atoms with Crippen LogP contribution in [-0.4, -0.2) is 22.5 Å². The maximum atomic E-state index is 5.88. The minimum atomic E-state index is 0.546. The Bertz CT molecular complexity index is 367. The fraction of sp³-hybridized carbons (Fsp3) is 0.583. The molecule has 1 heterocycles. The van der Waals surface area contributed by atoms with E-state index in [1.54, 1.807) is 0 Å². The third kappa shape index (κ3) is 2.43. The van der Waals surface area contributed by atoms with Crippen molar-refractivity contribution in [1.29, 1.82) is 0 Å². The van der Waals surface area contributed by atoms with Crippen LogP contribution in [0.25, 0.3) is 0 Å². The minimum Gasteiger partial charge on any atom is -0.398 e. The standard InChI is InChI=1S/C12H19N3S/c1-8-7-14-12(6-9(8)13)15-10-4-3-5-11(10)16-2/h6-7,10-11H,3-5H2,1-2H3,(H3,13,14,15). The van der Waals surface area contributed by atoms with E-state index in [2.05, 4.69) is 16.6 Å². The Labute approximate surface area is 101 Å². The second-order valence-electron chi connectivity index (χ2n) is 4.38. The Morgan fingerprint density at radius 1 is 1.50 bits per heavy atom. The largest absolute Gasteiger partial charge is 0.398 e. The van der Waals surface area contributed by atoms with E-state index in [1.165, 1.54) is 19.3 Å². The molecular formula is C12H19N3S. The molecule has 0 radical (unpaired) electrons. The summed E-state index contributed by atoms with van der Waals surface area (Å²) in [7, 11) is 0. The summed E-state index contributed by atoms with van der Waals surface area (Å²) in [5.41, 5.74) is 7.73. The number of thioether (sulfide) groups is 1. The van der Waals surface area contributed by atoms with Crippen molar-refractivity contribution in [2.45, 2.75) is 37.5 Å². The molecule has 1 saturated carbocycles. The van der Waals surface area contributed by atoms with Gasteiger partial charge in [-0.05, 0) is 31.6 Å². The first-order chi connectivity index (χ1) is 7.70. The van der Waals surface area contributed by atoms with Crippen LogP contribution in [0.5, 0.6) is 0 Å². The lowest BCUT2D eigenvalue weighted by molar-refractivity contribution is 0.763. The van der Waals surface area contributed by atoms with Crippen LogP contribution in [-0.2, 0) is 0 Å². The monoisotopic (exact) mass is 237 g/mol. The molecule has 1 aromatic rings. The van der Waals surface area contributed by atoms with Crippen molar-refractivity contribution in [2.24, 2.45) is 0 Å². The third-order valence-corrected chi connectivity index (χ3v) is 4.40. The van der Waals surface area contributed by atoms with Crippen LogP contribution < -0.4 is 11.1 Å². The molecule has 0 aromatic carbocycles. The summed E-state index contributed by atoms with van der Waals surface area (Å²) >= 11 is 1.95. The first-order valence-electron chi connectivity index (χ1n) is 5.72. The van der Waals surface area contributed by atoms with Gasteiger partial charge in [-0.15, -0.1) is 0 Å². The molecule has 1 aromatic heterocycles. The van der Waals surface area contributed by atoms with Gasteiger partial charge in [-0.1, -0.05) is 6.42 Å². The molecule has 0 amide bonds. The summed E-state index contributed by atoms with van der Waals surface area (Å²) in [5.74, 6) is 0.911. The zero-order valence-corrected chi connectivity index (χ0v) is 10.7. The van der Waals surface area contributed by atoms with Gasteiger partial charge in [0.25, 0.3) is 0 Å². The molecule has 2 rings (SSSR count). The molecule has 1 fully saturated rings. The number of aryl methyl sites for hydroxylation is 1. The van der Waals surface area contributed by atoms with Gasteiger partial charge in [-0.25, -0.2) is 4.98 Å². The second kappa shape index (κ2) is 4.95. The quantitative estimate of drug-likeness (QED) is 0.848. The average molecular weight is 237 g/mol. The lowest BCUT2D eigenvalue weighted by Crippen LogP contribution is -2.26. The highest BCUT2D eigenvalue weighted by Crippen LogP contribution is 2.30. The Morgan fingerprint density at radius 2 is 2.31 bits per heavy atom. The fourth-order valence-electron chi connectivity index (χ4n) is 2.18. The van der Waals surface area contributed by atoms with Gasteiger partial charge in [-0.2, -0.15) is 11.8 Å². The smallest absolute Gasteiger partial charge is 0.128 e. The number of aromatic nitrogens is 1. The third-order valence-electron chi connectivity index (χ3n) is 3.23. The SMILES string of the molecule is CSC1CCCC1Nc1cc(N)c(C)cn1. The van der Waals surface area contributed by atoms with Crippen LogP contribution >= 0.6 is 11.8 Å². The van der Waals surface area contributed by atoms with Gasteiger partial charge in [0.2, 0.25) is 0 Å². The maximum absolute atomic E-state index is 5.88. The van der Waals surface area contributed by atoms with Crippen LogP contribution in [0.3, 0.4) is 0 Å². The van der Waals surface area contributed by atoms with Crippen molar-refractivity contribution in [3.63, 3.8) is 0 Å². The molecule has 3 nitrogen and oxygen atoms in total. The molecule has 2 atom stereocenters. The van der Waals surface area contributed by atoms with Gasteiger partial charge in [-0.3, -0.25) is 0 Å². The van der Waals surface area contributed by atoms with Crippen molar-refractivity contribution in [3.05, 3.63) is 17.8 Å². The van der Waals surface area contributed by atoms with E-state index < -0.39 is 0 Å². The van der Waals surface area contributed by atoms with E-state index in [9.17, 15) is 0 Å². The summed E-state index contributed by atoms with van der Waals surface area (Å²) in [5, 5.41) is 4.21. The molecule has 0 saturated heterocycles. The van der Waals surface area contributed by atoms with Crippen LogP contribution in [0.1, 0.15) is 24.8 Å². The molecule has 0 aliphatic heterocycles. The predicted octanol–water partition coefficient (Wildman–Crippen LogP) is 2.67. The summed E-state index contributed by atoms with van der Waals surface area (Å²) in [4.78, 5) is 4.37. The molecular weight excluding hydrogens is 218 g/mol. The molecule has 88 valence electrons. The molecule has 0 spiro atoms. The summed E-state index contributed by atoms with van der Waals surface area (Å²) in [6.07, 6.45) is 7.87. The molecule has 2 unspecified atom stereocenters. The molecule has 3 N–H and O–H groups in total. The summed E-state index contributed by atoms with van der Waals surface area (Å²) < 4.78 is 0. The van der Waals surface area contributed by atoms with Crippen LogP contribution in [0.2, 0.25) is 0 Å². The summed E-state index contributed by atoms with van der Waals surface area (Å²) in [6.45, 7) is 1.98. The van der Waals surface area contributed by atoms with E-state index in [1.807, 2.05) is 30.9 Å². The van der Waals surface area contributed by atoms with Crippen molar-refractivity contribution < 1.29 is 0 Å². The number of anilines is 2. The van der Waals surface area contributed by atoms with Gasteiger partial charge in [0.15, 0.2) is 0 Å². The van der Waals surface area contributed by atoms with Gasteiger partial charge >= 0.3 is 0 Å². The highest BCUT2D eigenvalue weighted by molar-refractivity contribution is 7.99. The highest BCUT2D eigenvalue weighted by atomic mass is 32.2. The number of nitrogens with one attached hydrogen (secondary N) is 1. The van der Waals surface area contributed by atoms with Crippen LogP contribution in [0.4, 0.5) is 11.5 Å². The fourth-order valence-corrected chi connectivity index (χ4v) is 3.12. The number of pyridine rings is 1. The van der Waals surface area contributed by atoms with Crippen LogP contribution in [0, 0.1) is 6.92 Å². The Hall–Kier alpha value is -0.900. The van der Waals surface area contributed by atoms with Crippen molar-refractivity contribution in [3.8, 4) is 0 Å². The summed E-state index contributed by atoms with van der Waals surface area (Å²) in [6, 6.07) is 2.48. The average Bonchev–Trinajstić information content (AvgIpc) is 2.71.